The summed E-state index contributed by atoms with van der Waals surface area (Å²) in [6.07, 6.45) is 1.33. The zero-order valence-electron chi connectivity index (χ0n) is 5.94. The molecule has 0 amide bonds. The topological polar surface area (TPSA) is 38.3 Å². The van der Waals surface area contributed by atoms with Crippen LogP contribution in [-0.2, 0) is 9.63 Å². The molecule has 0 aromatic rings. The van der Waals surface area contributed by atoms with Gasteiger partial charge < -0.3 is 4.84 Å². The Morgan fingerprint density at radius 2 is 2.22 bits per heavy atom. The summed E-state index contributed by atoms with van der Waals surface area (Å²) in [4.78, 5) is 15.1. The van der Waals surface area contributed by atoms with Crippen LogP contribution in [0.25, 0.3) is 0 Å². The van der Waals surface area contributed by atoms with Gasteiger partial charge >= 0.3 is 5.97 Å². The zero-order valence-corrected chi connectivity index (χ0v) is 5.94. The van der Waals surface area contributed by atoms with E-state index in [9.17, 15) is 4.79 Å². The van der Waals surface area contributed by atoms with Gasteiger partial charge in [-0.2, -0.15) is 5.48 Å². The minimum atomic E-state index is -0.181. The first kappa shape index (κ1) is 8.43. The molecule has 0 saturated carbocycles. The van der Waals surface area contributed by atoms with Crippen molar-refractivity contribution in [1.82, 2.24) is 5.48 Å². The van der Waals surface area contributed by atoms with Gasteiger partial charge in [-0.1, -0.05) is 6.92 Å². The van der Waals surface area contributed by atoms with Crippen LogP contribution in [0.5, 0.6) is 0 Å². The average Bonchev–Trinajstić information content (AvgIpc) is 1.85. The Balaban J connectivity index is 3.06. The molecule has 0 rings (SSSR count). The summed E-state index contributed by atoms with van der Waals surface area (Å²) in [5.41, 5.74) is 2.48. The van der Waals surface area contributed by atoms with Crippen LogP contribution in [0.4, 0.5) is 0 Å². The number of hydrogen-bond acceptors (Lipinski definition) is 3. The fourth-order valence-corrected chi connectivity index (χ4v) is 0.408. The standard InChI is InChI=1S/C6H13NO2/c1-3-5-6(8)9-7-4-2/h7H,3-5H2,1-2H3. The van der Waals surface area contributed by atoms with Crippen LogP contribution in [0.3, 0.4) is 0 Å². The molecule has 0 spiro atoms. The van der Waals surface area contributed by atoms with Crippen molar-refractivity contribution in [3.63, 3.8) is 0 Å². The largest absolute Gasteiger partial charge is 0.371 e. The summed E-state index contributed by atoms with van der Waals surface area (Å²) >= 11 is 0. The van der Waals surface area contributed by atoms with Crippen molar-refractivity contribution >= 4 is 5.97 Å². The van der Waals surface area contributed by atoms with Gasteiger partial charge in [-0.05, 0) is 13.3 Å². The predicted octanol–water partition coefficient (Wildman–Crippen LogP) is 0.854. The van der Waals surface area contributed by atoms with Crippen molar-refractivity contribution < 1.29 is 9.63 Å². The first-order chi connectivity index (χ1) is 4.31. The van der Waals surface area contributed by atoms with Crippen LogP contribution < -0.4 is 5.48 Å². The molecule has 0 atom stereocenters. The molecule has 0 aromatic carbocycles. The highest BCUT2D eigenvalue weighted by Gasteiger charge is 1.97. The van der Waals surface area contributed by atoms with E-state index < -0.39 is 0 Å². The summed E-state index contributed by atoms with van der Waals surface area (Å²) in [7, 11) is 0. The highest BCUT2D eigenvalue weighted by atomic mass is 16.7. The Morgan fingerprint density at radius 1 is 1.56 bits per heavy atom. The summed E-state index contributed by atoms with van der Waals surface area (Å²) in [5, 5.41) is 0. The minimum absolute atomic E-state index is 0.181. The zero-order chi connectivity index (χ0) is 7.11. The van der Waals surface area contributed by atoms with Crippen molar-refractivity contribution in [2.45, 2.75) is 26.7 Å². The molecule has 0 unspecified atom stereocenters. The second kappa shape index (κ2) is 5.56. The second-order valence-corrected chi connectivity index (χ2v) is 1.72. The van der Waals surface area contributed by atoms with E-state index in [1.807, 2.05) is 13.8 Å². The van der Waals surface area contributed by atoms with Gasteiger partial charge in [-0.3, -0.25) is 4.79 Å². The monoisotopic (exact) mass is 131 g/mol. The van der Waals surface area contributed by atoms with Crippen molar-refractivity contribution in [2.24, 2.45) is 0 Å². The lowest BCUT2D eigenvalue weighted by Gasteiger charge is -1.99. The third-order valence-corrected chi connectivity index (χ3v) is 0.784. The first-order valence-corrected chi connectivity index (χ1v) is 3.23. The molecule has 3 heteroatoms. The highest BCUT2D eigenvalue weighted by Crippen LogP contribution is 1.87. The van der Waals surface area contributed by atoms with Gasteiger partial charge in [-0.25, -0.2) is 0 Å². The van der Waals surface area contributed by atoms with Crippen LogP contribution in [0.15, 0.2) is 0 Å². The summed E-state index contributed by atoms with van der Waals surface area (Å²) in [5.74, 6) is -0.181. The van der Waals surface area contributed by atoms with Gasteiger partial charge in [0.25, 0.3) is 0 Å². The lowest BCUT2D eigenvalue weighted by Crippen LogP contribution is -2.18. The van der Waals surface area contributed by atoms with Crippen LogP contribution in [0.1, 0.15) is 26.7 Å². The molecular weight excluding hydrogens is 118 g/mol. The Labute approximate surface area is 55.3 Å². The van der Waals surface area contributed by atoms with Crippen LogP contribution in [0.2, 0.25) is 0 Å². The van der Waals surface area contributed by atoms with E-state index in [1.165, 1.54) is 0 Å². The fraction of sp³-hybridized carbons (Fsp3) is 0.833. The van der Waals surface area contributed by atoms with Crippen LogP contribution in [0, 0.1) is 0 Å². The molecule has 0 aromatic heterocycles. The molecular formula is C6H13NO2. The molecule has 0 aliphatic heterocycles. The van der Waals surface area contributed by atoms with E-state index in [0.717, 1.165) is 6.42 Å². The minimum Gasteiger partial charge on any atom is -0.371 e. The fourth-order valence-electron chi connectivity index (χ4n) is 0.408. The summed E-state index contributed by atoms with van der Waals surface area (Å²) in [6, 6.07) is 0. The Hall–Kier alpha value is -0.570. The predicted molar refractivity (Wildman–Crippen MR) is 34.7 cm³/mol. The molecule has 0 bridgehead atoms. The van der Waals surface area contributed by atoms with Crippen molar-refractivity contribution in [1.29, 1.82) is 0 Å². The molecule has 0 saturated heterocycles. The van der Waals surface area contributed by atoms with Gasteiger partial charge in [-0.15, -0.1) is 0 Å². The van der Waals surface area contributed by atoms with Crippen molar-refractivity contribution in [2.75, 3.05) is 6.54 Å². The number of rotatable bonds is 4. The van der Waals surface area contributed by atoms with E-state index in [1.54, 1.807) is 0 Å². The van der Waals surface area contributed by atoms with Crippen LogP contribution >= 0.6 is 0 Å². The lowest BCUT2D eigenvalue weighted by atomic mass is 10.3. The normalized spacial score (nSPS) is 9.11. The number of hydrogen-bond donors (Lipinski definition) is 1. The van der Waals surface area contributed by atoms with E-state index in [4.69, 9.17) is 0 Å². The molecule has 0 aliphatic carbocycles. The summed E-state index contributed by atoms with van der Waals surface area (Å²) < 4.78 is 0. The number of nitrogens with one attached hydrogen (secondary N) is 1. The van der Waals surface area contributed by atoms with Gasteiger partial charge in [0.1, 0.15) is 0 Å². The molecule has 1 N–H and O–H groups in total. The van der Waals surface area contributed by atoms with Gasteiger partial charge in [0.05, 0.1) is 0 Å². The lowest BCUT2D eigenvalue weighted by molar-refractivity contribution is -0.150. The molecule has 3 nitrogen and oxygen atoms in total. The summed E-state index contributed by atoms with van der Waals surface area (Å²) in [6.45, 7) is 4.47. The Kier molecular flexibility index (Phi) is 5.21. The van der Waals surface area contributed by atoms with Gasteiger partial charge in [0.2, 0.25) is 0 Å². The number of carbonyl (C=O) groups excluding carboxylic acids is 1. The smallest absolute Gasteiger partial charge is 0.324 e. The molecule has 0 aliphatic rings. The quantitative estimate of drug-likeness (QED) is 0.575. The van der Waals surface area contributed by atoms with Crippen LogP contribution in [-0.4, -0.2) is 12.5 Å². The molecule has 0 heterocycles. The SMILES string of the molecule is CCCC(=O)ONCC. The molecule has 9 heavy (non-hydrogen) atoms. The second-order valence-electron chi connectivity index (χ2n) is 1.72. The van der Waals surface area contributed by atoms with Gasteiger partial charge in [0.15, 0.2) is 0 Å². The maximum Gasteiger partial charge on any atom is 0.324 e. The number of hydroxylamine groups is 1. The molecule has 54 valence electrons. The first-order valence-electron chi connectivity index (χ1n) is 3.23. The maximum absolute atomic E-state index is 10.5. The highest BCUT2D eigenvalue weighted by molar-refractivity contribution is 5.68. The van der Waals surface area contributed by atoms with Gasteiger partial charge in [0, 0.05) is 13.0 Å². The average molecular weight is 131 g/mol. The van der Waals surface area contributed by atoms with Crippen molar-refractivity contribution in [3.8, 4) is 0 Å². The molecule has 0 radical (unpaired) electrons. The number of carbonyl (C=O) groups is 1. The van der Waals surface area contributed by atoms with E-state index >= 15 is 0 Å². The van der Waals surface area contributed by atoms with E-state index in [0.29, 0.717) is 13.0 Å². The maximum atomic E-state index is 10.5. The van der Waals surface area contributed by atoms with E-state index in [-0.39, 0.29) is 5.97 Å². The molecule has 0 fully saturated rings. The van der Waals surface area contributed by atoms with E-state index in [2.05, 4.69) is 10.3 Å². The Bertz CT molecular complexity index is 83.1. The third kappa shape index (κ3) is 5.30. The Morgan fingerprint density at radius 3 is 2.67 bits per heavy atom. The third-order valence-electron chi connectivity index (χ3n) is 0.784. The van der Waals surface area contributed by atoms with Crippen molar-refractivity contribution in [3.05, 3.63) is 0 Å².